The predicted octanol–water partition coefficient (Wildman–Crippen LogP) is 5.63. The third kappa shape index (κ3) is 4.45. The highest BCUT2D eigenvalue weighted by atomic mass is 32.1. The molecule has 0 spiro atoms. The minimum Gasteiger partial charge on any atom is -0.322 e. The van der Waals surface area contributed by atoms with Crippen LogP contribution in [-0.4, -0.2) is 16.8 Å². The van der Waals surface area contributed by atoms with Crippen LogP contribution in [0.2, 0.25) is 0 Å². The van der Waals surface area contributed by atoms with Crippen molar-refractivity contribution in [2.24, 2.45) is 0 Å². The van der Waals surface area contributed by atoms with E-state index < -0.39 is 0 Å². The highest BCUT2D eigenvalue weighted by Crippen LogP contribution is 2.29. The largest absolute Gasteiger partial charge is 0.322 e. The second-order valence-electron chi connectivity index (χ2n) is 6.63. The third-order valence-electron chi connectivity index (χ3n) is 4.45. The maximum absolute atomic E-state index is 12.3. The highest BCUT2D eigenvalue weighted by molar-refractivity contribution is 7.14. The second-order valence-corrected chi connectivity index (χ2v) is 7.47. The van der Waals surface area contributed by atoms with Crippen LogP contribution >= 0.6 is 11.3 Å². The molecule has 148 valence electrons. The van der Waals surface area contributed by atoms with Crippen LogP contribution in [0.15, 0.2) is 84.3 Å². The molecule has 2 amide bonds. The smallest absolute Gasteiger partial charge is 0.248 e. The Labute approximate surface area is 178 Å². The van der Waals surface area contributed by atoms with Gasteiger partial charge in [0.1, 0.15) is 0 Å². The summed E-state index contributed by atoms with van der Waals surface area (Å²) in [6, 6.07) is 23.1. The van der Waals surface area contributed by atoms with Gasteiger partial charge in [-0.1, -0.05) is 48.5 Å². The lowest BCUT2D eigenvalue weighted by Crippen LogP contribution is -2.22. The molecule has 0 aliphatic carbocycles. The molecule has 0 atom stereocenters. The van der Waals surface area contributed by atoms with E-state index in [4.69, 9.17) is 0 Å². The SMILES string of the molecule is CC(=O)N(c1ccccc1)c1nc(/C=C/C(=O)Nc2ccc3ccccc3c2)cs1. The van der Waals surface area contributed by atoms with Crippen molar-refractivity contribution in [3.05, 3.63) is 89.9 Å². The van der Waals surface area contributed by atoms with E-state index in [9.17, 15) is 9.59 Å². The number of amides is 2. The maximum atomic E-state index is 12.3. The molecular formula is C24H19N3O2S. The van der Waals surface area contributed by atoms with E-state index in [-0.39, 0.29) is 11.8 Å². The van der Waals surface area contributed by atoms with Crippen molar-refractivity contribution >= 4 is 56.5 Å². The van der Waals surface area contributed by atoms with Gasteiger partial charge in [-0.2, -0.15) is 0 Å². The summed E-state index contributed by atoms with van der Waals surface area (Å²) in [5.74, 6) is -0.369. The van der Waals surface area contributed by atoms with E-state index in [0.29, 0.717) is 10.8 Å². The average Bonchev–Trinajstić information content (AvgIpc) is 3.21. The summed E-state index contributed by atoms with van der Waals surface area (Å²) in [4.78, 5) is 30.5. The molecule has 6 heteroatoms. The lowest BCUT2D eigenvalue weighted by Gasteiger charge is -2.17. The van der Waals surface area contributed by atoms with E-state index in [2.05, 4.69) is 10.3 Å². The van der Waals surface area contributed by atoms with Crippen LogP contribution in [0.1, 0.15) is 12.6 Å². The Kier molecular flexibility index (Phi) is 5.68. The normalized spacial score (nSPS) is 11.0. The Morgan fingerprint density at radius 3 is 2.47 bits per heavy atom. The fourth-order valence-electron chi connectivity index (χ4n) is 3.07. The topological polar surface area (TPSA) is 62.3 Å². The first kappa shape index (κ1) is 19.5. The van der Waals surface area contributed by atoms with Crippen LogP contribution in [0.3, 0.4) is 0 Å². The molecule has 0 saturated heterocycles. The van der Waals surface area contributed by atoms with Gasteiger partial charge in [0.05, 0.1) is 11.4 Å². The van der Waals surface area contributed by atoms with Gasteiger partial charge in [0.15, 0.2) is 5.13 Å². The van der Waals surface area contributed by atoms with E-state index in [0.717, 1.165) is 22.1 Å². The van der Waals surface area contributed by atoms with Crippen LogP contribution in [0.5, 0.6) is 0 Å². The van der Waals surface area contributed by atoms with Crippen molar-refractivity contribution in [1.29, 1.82) is 0 Å². The quantitative estimate of drug-likeness (QED) is 0.431. The first-order valence-corrected chi connectivity index (χ1v) is 10.3. The van der Waals surface area contributed by atoms with Gasteiger partial charge < -0.3 is 5.32 Å². The van der Waals surface area contributed by atoms with Crippen LogP contribution < -0.4 is 10.2 Å². The molecule has 0 aliphatic heterocycles. The van der Waals surface area contributed by atoms with Gasteiger partial charge in [0.2, 0.25) is 11.8 Å². The molecule has 4 rings (SSSR count). The lowest BCUT2D eigenvalue weighted by molar-refractivity contribution is -0.116. The first-order chi connectivity index (χ1) is 14.6. The van der Waals surface area contributed by atoms with Gasteiger partial charge >= 0.3 is 0 Å². The number of carbonyl (C=O) groups excluding carboxylic acids is 2. The van der Waals surface area contributed by atoms with Crippen LogP contribution in [0.4, 0.5) is 16.5 Å². The summed E-state index contributed by atoms with van der Waals surface area (Å²) < 4.78 is 0. The van der Waals surface area contributed by atoms with Crippen molar-refractivity contribution < 1.29 is 9.59 Å². The highest BCUT2D eigenvalue weighted by Gasteiger charge is 2.17. The number of fused-ring (bicyclic) bond motifs is 1. The summed E-state index contributed by atoms with van der Waals surface area (Å²) in [5, 5.41) is 7.42. The van der Waals surface area contributed by atoms with Gasteiger partial charge in [0, 0.05) is 24.1 Å². The Morgan fingerprint density at radius 1 is 0.967 bits per heavy atom. The second kappa shape index (κ2) is 8.71. The number of aromatic nitrogens is 1. The van der Waals surface area contributed by atoms with Crippen molar-refractivity contribution in [2.45, 2.75) is 6.92 Å². The Hall–Kier alpha value is -3.77. The molecule has 4 aromatic rings. The molecule has 0 saturated carbocycles. The van der Waals surface area contributed by atoms with Gasteiger partial charge in [-0.3, -0.25) is 14.5 Å². The number of nitrogens with zero attached hydrogens (tertiary/aromatic N) is 2. The number of carbonyl (C=O) groups is 2. The number of rotatable bonds is 5. The first-order valence-electron chi connectivity index (χ1n) is 9.39. The number of anilines is 3. The van der Waals surface area contributed by atoms with Gasteiger partial charge in [-0.25, -0.2) is 4.98 Å². The van der Waals surface area contributed by atoms with Crippen LogP contribution in [0, 0.1) is 0 Å². The minimum atomic E-state index is -0.244. The van der Waals surface area contributed by atoms with E-state index >= 15 is 0 Å². The number of hydrogen-bond donors (Lipinski definition) is 1. The number of benzene rings is 3. The molecule has 1 N–H and O–H groups in total. The zero-order valence-electron chi connectivity index (χ0n) is 16.3. The number of hydrogen-bond acceptors (Lipinski definition) is 4. The maximum Gasteiger partial charge on any atom is 0.248 e. The van der Waals surface area contributed by atoms with Crippen LogP contribution in [0.25, 0.3) is 16.8 Å². The molecule has 0 radical (unpaired) electrons. The fourth-order valence-corrected chi connectivity index (χ4v) is 3.93. The van der Waals surface area contributed by atoms with Crippen molar-refractivity contribution in [3.8, 4) is 0 Å². The van der Waals surface area contributed by atoms with Crippen LogP contribution in [-0.2, 0) is 9.59 Å². The fraction of sp³-hybridized carbons (Fsp3) is 0.0417. The predicted molar refractivity (Wildman–Crippen MR) is 123 cm³/mol. The Bertz CT molecular complexity index is 1230. The van der Waals surface area contributed by atoms with Gasteiger partial charge in [-0.05, 0) is 41.1 Å². The van der Waals surface area contributed by atoms with E-state index in [1.54, 1.807) is 11.0 Å². The molecule has 0 unspecified atom stereocenters. The molecule has 3 aromatic carbocycles. The van der Waals surface area contributed by atoms with Gasteiger partial charge in [0.25, 0.3) is 0 Å². The van der Waals surface area contributed by atoms with Crippen molar-refractivity contribution in [3.63, 3.8) is 0 Å². The lowest BCUT2D eigenvalue weighted by atomic mass is 10.1. The molecule has 0 aliphatic rings. The zero-order chi connectivity index (χ0) is 20.9. The number of thiazole rings is 1. The summed E-state index contributed by atoms with van der Waals surface area (Å²) in [6.07, 6.45) is 3.08. The minimum absolute atomic E-state index is 0.125. The van der Waals surface area contributed by atoms with Crippen molar-refractivity contribution in [2.75, 3.05) is 10.2 Å². The zero-order valence-corrected chi connectivity index (χ0v) is 17.1. The standard InChI is InChI=1S/C24H19N3O2S/c1-17(28)27(22-9-3-2-4-10-22)24-26-21(16-30-24)13-14-23(29)25-20-12-11-18-7-5-6-8-19(18)15-20/h2-16H,1H3,(H,25,29)/b14-13+. The molecule has 1 heterocycles. The summed E-state index contributed by atoms with van der Waals surface area (Å²) >= 11 is 1.35. The molecule has 1 aromatic heterocycles. The molecule has 5 nitrogen and oxygen atoms in total. The van der Waals surface area contributed by atoms with Gasteiger partial charge in [-0.15, -0.1) is 11.3 Å². The molecular weight excluding hydrogens is 394 g/mol. The summed E-state index contributed by atoms with van der Waals surface area (Å²) in [7, 11) is 0. The van der Waals surface area contributed by atoms with Crippen molar-refractivity contribution in [1.82, 2.24) is 4.98 Å². The number of nitrogens with one attached hydrogen (secondary N) is 1. The molecule has 30 heavy (non-hydrogen) atoms. The Morgan fingerprint density at radius 2 is 1.70 bits per heavy atom. The average molecular weight is 414 g/mol. The third-order valence-corrected chi connectivity index (χ3v) is 5.30. The Balaban J connectivity index is 1.47. The van der Waals surface area contributed by atoms with E-state index in [1.165, 1.54) is 24.3 Å². The monoisotopic (exact) mass is 413 g/mol. The van der Waals surface area contributed by atoms with E-state index in [1.807, 2.05) is 78.2 Å². The molecule has 0 bridgehead atoms. The summed E-state index contributed by atoms with van der Waals surface area (Å²) in [5.41, 5.74) is 2.10. The molecule has 0 fully saturated rings. The number of para-hydroxylation sites is 1. The summed E-state index contributed by atoms with van der Waals surface area (Å²) in [6.45, 7) is 1.50.